The van der Waals surface area contributed by atoms with E-state index < -0.39 is 35.0 Å². The zero-order valence-corrected chi connectivity index (χ0v) is 13.4. The van der Waals surface area contributed by atoms with E-state index in [1.54, 1.807) is 12.1 Å². The molecule has 0 saturated heterocycles. The van der Waals surface area contributed by atoms with Gasteiger partial charge in [0.15, 0.2) is 11.6 Å². The highest BCUT2D eigenvalue weighted by molar-refractivity contribution is 5.94. The molecule has 1 heterocycles. The molecule has 0 aromatic heterocycles. The Labute approximate surface area is 146 Å². The maximum absolute atomic E-state index is 13.6. The van der Waals surface area contributed by atoms with Gasteiger partial charge in [-0.15, -0.1) is 0 Å². The summed E-state index contributed by atoms with van der Waals surface area (Å²) in [6.07, 6.45) is 0.447. The van der Waals surface area contributed by atoms with Crippen LogP contribution in [0.5, 0.6) is 0 Å². The Balaban J connectivity index is 1.51. The molecule has 3 rings (SSSR count). The summed E-state index contributed by atoms with van der Waals surface area (Å²) >= 11 is 0. The number of hydrogen-bond acceptors (Lipinski definition) is 3. The van der Waals surface area contributed by atoms with Gasteiger partial charge in [-0.3, -0.25) is 4.79 Å². The van der Waals surface area contributed by atoms with Gasteiger partial charge in [0.25, 0.3) is 5.91 Å². The summed E-state index contributed by atoms with van der Waals surface area (Å²) in [6.45, 7) is 0.0215. The number of nitrogens with zero attached hydrogens (tertiary/aromatic N) is 1. The number of oxime groups is 1. The fourth-order valence-corrected chi connectivity index (χ4v) is 2.54. The van der Waals surface area contributed by atoms with E-state index in [-0.39, 0.29) is 12.4 Å². The van der Waals surface area contributed by atoms with Crippen molar-refractivity contribution in [1.82, 2.24) is 5.32 Å². The van der Waals surface area contributed by atoms with Crippen LogP contribution in [0.15, 0.2) is 41.6 Å². The van der Waals surface area contributed by atoms with E-state index in [0.29, 0.717) is 25.0 Å². The van der Waals surface area contributed by atoms with Crippen LogP contribution in [-0.4, -0.2) is 24.3 Å². The molecule has 0 fully saturated rings. The molecule has 0 bridgehead atoms. The molecule has 1 N–H and O–H groups in total. The van der Waals surface area contributed by atoms with Crippen molar-refractivity contribution in [2.45, 2.75) is 18.9 Å². The fourth-order valence-electron chi connectivity index (χ4n) is 2.54. The first-order valence-electron chi connectivity index (χ1n) is 7.81. The molecule has 136 valence electrons. The number of carbonyl (C=O) groups is 1. The summed E-state index contributed by atoms with van der Waals surface area (Å²) in [6, 6.07) is 6.80. The number of rotatable bonds is 5. The molecule has 2 aromatic carbocycles. The molecule has 0 spiro atoms. The predicted octanol–water partition coefficient (Wildman–Crippen LogP) is 3.36. The summed E-state index contributed by atoms with van der Waals surface area (Å²) in [5.74, 6) is -5.03. The fraction of sp³-hybridized carbons (Fsp3) is 0.222. The number of benzene rings is 2. The molecule has 26 heavy (non-hydrogen) atoms. The molecule has 4 nitrogen and oxygen atoms in total. The van der Waals surface area contributed by atoms with Gasteiger partial charge in [0.1, 0.15) is 17.7 Å². The zero-order chi connectivity index (χ0) is 18.7. The highest BCUT2D eigenvalue weighted by Crippen LogP contribution is 2.16. The van der Waals surface area contributed by atoms with Crippen LogP contribution in [0.1, 0.15) is 22.3 Å². The highest BCUT2D eigenvalue weighted by Gasteiger charge is 2.23. The van der Waals surface area contributed by atoms with Gasteiger partial charge in [0.2, 0.25) is 0 Å². The van der Waals surface area contributed by atoms with Crippen LogP contribution in [0.4, 0.5) is 17.6 Å². The molecule has 0 saturated carbocycles. The third kappa shape index (κ3) is 4.19. The van der Waals surface area contributed by atoms with Crippen LogP contribution < -0.4 is 5.32 Å². The first-order valence-corrected chi connectivity index (χ1v) is 7.81. The minimum absolute atomic E-state index is 0.0215. The summed E-state index contributed by atoms with van der Waals surface area (Å²) in [4.78, 5) is 17.1. The van der Waals surface area contributed by atoms with E-state index in [1.807, 2.05) is 0 Å². The quantitative estimate of drug-likeness (QED) is 0.652. The highest BCUT2D eigenvalue weighted by atomic mass is 19.2. The van der Waals surface area contributed by atoms with Crippen molar-refractivity contribution in [3.05, 3.63) is 70.8 Å². The zero-order valence-electron chi connectivity index (χ0n) is 13.4. The largest absolute Gasteiger partial charge is 0.390 e. The third-order valence-electron chi connectivity index (χ3n) is 3.86. The van der Waals surface area contributed by atoms with E-state index in [4.69, 9.17) is 4.84 Å². The Morgan fingerprint density at radius 3 is 2.50 bits per heavy atom. The SMILES string of the molecule is O=C(NC[C@H]1CC(Cc2ccc(F)cc2)=NO1)c1cc(F)c(F)cc1F. The van der Waals surface area contributed by atoms with Crippen LogP contribution in [0.25, 0.3) is 0 Å². The summed E-state index contributed by atoms with van der Waals surface area (Å²) in [7, 11) is 0. The normalized spacial score (nSPS) is 16.2. The molecule has 1 aliphatic rings. The summed E-state index contributed by atoms with van der Waals surface area (Å²) in [5, 5.41) is 6.32. The second-order valence-corrected chi connectivity index (χ2v) is 5.85. The van der Waals surface area contributed by atoms with E-state index in [2.05, 4.69) is 10.5 Å². The second-order valence-electron chi connectivity index (χ2n) is 5.85. The van der Waals surface area contributed by atoms with E-state index in [1.165, 1.54) is 12.1 Å². The monoisotopic (exact) mass is 366 g/mol. The molecule has 1 aliphatic heterocycles. The minimum atomic E-state index is -1.36. The average molecular weight is 366 g/mol. The lowest BCUT2D eigenvalue weighted by Gasteiger charge is -2.10. The van der Waals surface area contributed by atoms with Gasteiger partial charge in [0.05, 0.1) is 17.8 Å². The van der Waals surface area contributed by atoms with Crippen molar-refractivity contribution in [2.24, 2.45) is 5.16 Å². The smallest absolute Gasteiger partial charge is 0.254 e. The number of amides is 1. The topological polar surface area (TPSA) is 50.7 Å². The van der Waals surface area contributed by atoms with Crippen LogP contribution in [0.2, 0.25) is 0 Å². The van der Waals surface area contributed by atoms with E-state index in [9.17, 15) is 22.4 Å². The second kappa shape index (κ2) is 7.55. The molecule has 2 aromatic rings. The Morgan fingerprint density at radius 1 is 1.08 bits per heavy atom. The molecular formula is C18H14F4N2O2. The van der Waals surface area contributed by atoms with Gasteiger partial charge in [-0.25, -0.2) is 17.6 Å². The standard InChI is InChI=1S/C18H14F4N2O2/c19-11-3-1-10(2-4-11)5-12-6-13(26-24-12)9-23-18(25)14-7-16(21)17(22)8-15(14)20/h1-4,7-8,13H,5-6,9H2,(H,23,25)/t13-/m1/s1. The Morgan fingerprint density at radius 2 is 1.77 bits per heavy atom. The summed E-state index contributed by atoms with van der Waals surface area (Å²) < 4.78 is 52.5. The lowest BCUT2D eigenvalue weighted by molar-refractivity contribution is 0.0751. The number of nitrogens with one attached hydrogen (secondary N) is 1. The number of halogens is 4. The lowest BCUT2D eigenvalue weighted by Crippen LogP contribution is -2.33. The maximum atomic E-state index is 13.6. The van der Waals surface area contributed by atoms with Gasteiger partial charge in [-0.2, -0.15) is 0 Å². The van der Waals surface area contributed by atoms with Gasteiger partial charge in [-0.05, 0) is 23.8 Å². The Kier molecular flexibility index (Phi) is 5.20. The van der Waals surface area contributed by atoms with Crippen LogP contribution in [-0.2, 0) is 11.3 Å². The van der Waals surface area contributed by atoms with Crippen LogP contribution >= 0.6 is 0 Å². The third-order valence-corrected chi connectivity index (χ3v) is 3.86. The van der Waals surface area contributed by atoms with Crippen molar-refractivity contribution in [2.75, 3.05) is 6.54 Å². The van der Waals surface area contributed by atoms with Crippen molar-refractivity contribution < 1.29 is 27.2 Å². The molecule has 0 aliphatic carbocycles. The van der Waals surface area contributed by atoms with Gasteiger partial charge >= 0.3 is 0 Å². The molecule has 1 amide bonds. The summed E-state index contributed by atoms with van der Waals surface area (Å²) in [5.41, 5.74) is 0.992. The molecule has 8 heteroatoms. The van der Waals surface area contributed by atoms with E-state index >= 15 is 0 Å². The number of hydrogen-bond donors (Lipinski definition) is 1. The van der Waals surface area contributed by atoms with Crippen molar-refractivity contribution in [3.8, 4) is 0 Å². The Hall–Kier alpha value is -2.90. The lowest BCUT2D eigenvalue weighted by atomic mass is 10.0. The minimum Gasteiger partial charge on any atom is -0.390 e. The maximum Gasteiger partial charge on any atom is 0.254 e. The predicted molar refractivity (Wildman–Crippen MR) is 85.7 cm³/mol. The van der Waals surface area contributed by atoms with Gasteiger partial charge < -0.3 is 10.2 Å². The van der Waals surface area contributed by atoms with Gasteiger partial charge in [-0.1, -0.05) is 17.3 Å². The van der Waals surface area contributed by atoms with Crippen LogP contribution in [0.3, 0.4) is 0 Å². The first kappa shape index (κ1) is 17.9. The van der Waals surface area contributed by atoms with Crippen molar-refractivity contribution in [3.63, 3.8) is 0 Å². The average Bonchev–Trinajstić information content (AvgIpc) is 3.05. The van der Waals surface area contributed by atoms with Crippen molar-refractivity contribution in [1.29, 1.82) is 0 Å². The van der Waals surface area contributed by atoms with Crippen molar-refractivity contribution >= 4 is 11.6 Å². The Bertz CT molecular complexity index is 853. The van der Waals surface area contributed by atoms with E-state index in [0.717, 1.165) is 11.3 Å². The first-order chi connectivity index (χ1) is 12.4. The molecule has 0 radical (unpaired) electrons. The molecule has 1 atom stereocenters. The molecular weight excluding hydrogens is 352 g/mol. The number of carbonyl (C=O) groups excluding carboxylic acids is 1. The van der Waals surface area contributed by atoms with Crippen LogP contribution in [0, 0.1) is 23.3 Å². The van der Waals surface area contributed by atoms with Gasteiger partial charge in [0, 0.05) is 18.9 Å². The molecule has 0 unspecified atom stereocenters.